The summed E-state index contributed by atoms with van der Waals surface area (Å²) in [5.74, 6) is -0.568. The van der Waals surface area contributed by atoms with E-state index in [9.17, 15) is 9.18 Å². The molecule has 1 amide bonds. The molecule has 18 heavy (non-hydrogen) atoms. The van der Waals surface area contributed by atoms with Gasteiger partial charge in [-0.25, -0.2) is 4.39 Å². The molecular weight excluding hydrogens is 348 g/mol. The van der Waals surface area contributed by atoms with Crippen molar-refractivity contribution in [1.82, 2.24) is 5.32 Å². The van der Waals surface area contributed by atoms with Crippen LogP contribution in [0.3, 0.4) is 0 Å². The van der Waals surface area contributed by atoms with Crippen LogP contribution in [-0.4, -0.2) is 24.2 Å². The van der Waals surface area contributed by atoms with Crippen molar-refractivity contribution in [2.24, 2.45) is 5.41 Å². The Hall–Kier alpha value is -0.690. The van der Waals surface area contributed by atoms with Crippen LogP contribution in [0.15, 0.2) is 18.2 Å². The van der Waals surface area contributed by atoms with Crippen molar-refractivity contribution in [2.75, 3.05) is 13.2 Å². The zero-order valence-corrected chi connectivity index (χ0v) is 12.6. The Morgan fingerprint density at radius 1 is 1.50 bits per heavy atom. The van der Waals surface area contributed by atoms with Gasteiger partial charge in [-0.2, -0.15) is 0 Å². The van der Waals surface area contributed by atoms with Gasteiger partial charge in [0.15, 0.2) is 0 Å². The van der Waals surface area contributed by atoms with Crippen molar-refractivity contribution in [2.45, 2.75) is 20.3 Å². The largest absolute Gasteiger partial charge is 0.396 e. The van der Waals surface area contributed by atoms with Crippen molar-refractivity contribution >= 4 is 28.5 Å². The molecule has 0 unspecified atom stereocenters. The molecule has 0 saturated heterocycles. The summed E-state index contributed by atoms with van der Waals surface area (Å²) >= 11 is 1.94. The molecule has 0 aliphatic rings. The number of carbonyl (C=O) groups excluding carboxylic acids is 1. The second-order valence-electron chi connectivity index (χ2n) is 4.94. The number of halogens is 2. The van der Waals surface area contributed by atoms with Gasteiger partial charge in [-0.3, -0.25) is 4.79 Å². The molecule has 0 fully saturated rings. The summed E-state index contributed by atoms with van der Waals surface area (Å²) in [4.78, 5) is 11.9. The molecule has 5 heteroatoms. The number of benzene rings is 1. The number of amides is 1. The summed E-state index contributed by atoms with van der Waals surface area (Å²) in [5.41, 5.74) is 0.312. The predicted octanol–water partition coefficient (Wildman–Crippen LogP) is 2.57. The number of hydrogen-bond acceptors (Lipinski definition) is 2. The Labute approximate surface area is 120 Å². The molecule has 100 valence electrons. The summed E-state index contributed by atoms with van der Waals surface area (Å²) in [6, 6.07) is 4.08. The number of carbonyl (C=O) groups is 1. The minimum atomic E-state index is -0.350. The standard InChI is InChI=1S/C13H17FINO2/c1-13(2,5-6-17)8-16-12(18)10-4-3-9(14)7-11(10)15/h3-4,7,17H,5-6,8H2,1-2H3,(H,16,18). The minimum absolute atomic E-state index is 0.0942. The maximum absolute atomic E-state index is 12.9. The third-order valence-corrected chi connectivity index (χ3v) is 3.58. The quantitative estimate of drug-likeness (QED) is 0.789. The smallest absolute Gasteiger partial charge is 0.252 e. The number of nitrogens with one attached hydrogen (secondary N) is 1. The van der Waals surface area contributed by atoms with E-state index in [2.05, 4.69) is 5.32 Å². The van der Waals surface area contributed by atoms with Gasteiger partial charge in [0.25, 0.3) is 5.91 Å². The van der Waals surface area contributed by atoms with E-state index < -0.39 is 0 Å². The highest BCUT2D eigenvalue weighted by Gasteiger charge is 2.19. The van der Waals surface area contributed by atoms with Gasteiger partial charge in [-0.15, -0.1) is 0 Å². The highest BCUT2D eigenvalue weighted by atomic mass is 127. The van der Waals surface area contributed by atoms with E-state index in [4.69, 9.17) is 5.11 Å². The number of rotatable bonds is 5. The topological polar surface area (TPSA) is 49.3 Å². The van der Waals surface area contributed by atoms with Crippen LogP contribution in [0.1, 0.15) is 30.6 Å². The third kappa shape index (κ3) is 4.53. The number of hydrogen-bond donors (Lipinski definition) is 2. The fourth-order valence-electron chi connectivity index (χ4n) is 1.48. The highest BCUT2D eigenvalue weighted by Crippen LogP contribution is 2.19. The van der Waals surface area contributed by atoms with Crippen LogP contribution >= 0.6 is 22.6 Å². The van der Waals surface area contributed by atoms with Gasteiger partial charge < -0.3 is 10.4 Å². The fourth-order valence-corrected chi connectivity index (χ4v) is 2.20. The molecule has 1 aromatic carbocycles. The van der Waals surface area contributed by atoms with Crippen LogP contribution in [0, 0.1) is 14.8 Å². The molecule has 0 saturated carbocycles. The minimum Gasteiger partial charge on any atom is -0.396 e. The third-order valence-electron chi connectivity index (χ3n) is 2.69. The van der Waals surface area contributed by atoms with E-state index in [1.807, 2.05) is 36.4 Å². The average molecular weight is 365 g/mol. The Morgan fingerprint density at radius 3 is 2.72 bits per heavy atom. The van der Waals surface area contributed by atoms with E-state index in [0.717, 1.165) is 0 Å². The van der Waals surface area contributed by atoms with E-state index in [0.29, 0.717) is 22.1 Å². The Kier molecular flexibility index (Phi) is 5.52. The van der Waals surface area contributed by atoms with Gasteiger partial charge in [0.1, 0.15) is 5.82 Å². The normalized spacial score (nSPS) is 11.4. The van der Waals surface area contributed by atoms with Crippen molar-refractivity contribution in [3.63, 3.8) is 0 Å². The van der Waals surface area contributed by atoms with Gasteiger partial charge in [-0.1, -0.05) is 13.8 Å². The monoisotopic (exact) mass is 365 g/mol. The Morgan fingerprint density at radius 2 is 2.17 bits per heavy atom. The maximum atomic E-state index is 12.9. The van der Waals surface area contributed by atoms with Crippen LogP contribution < -0.4 is 5.32 Å². The first-order chi connectivity index (χ1) is 8.35. The summed E-state index contributed by atoms with van der Waals surface area (Å²) in [6.07, 6.45) is 0.619. The van der Waals surface area contributed by atoms with Crippen molar-refractivity contribution in [3.05, 3.63) is 33.1 Å². The first kappa shape index (κ1) is 15.4. The first-order valence-electron chi connectivity index (χ1n) is 5.70. The Balaban J connectivity index is 2.66. The van der Waals surface area contributed by atoms with E-state index >= 15 is 0 Å². The predicted molar refractivity (Wildman–Crippen MR) is 76.9 cm³/mol. The molecular formula is C13H17FINO2. The summed E-state index contributed by atoms with van der Waals surface area (Å²) in [6.45, 7) is 4.51. The maximum Gasteiger partial charge on any atom is 0.252 e. The van der Waals surface area contributed by atoms with Crippen molar-refractivity contribution in [1.29, 1.82) is 0 Å². The first-order valence-corrected chi connectivity index (χ1v) is 6.78. The second kappa shape index (κ2) is 6.47. The molecule has 0 aromatic heterocycles. The molecule has 3 nitrogen and oxygen atoms in total. The molecule has 0 aliphatic heterocycles. The number of aliphatic hydroxyl groups is 1. The second-order valence-corrected chi connectivity index (χ2v) is 6.11. The lowest BCUT2D eigenvalue weighted by Crippen LogP contribution is -2.34. The molecule has 0 heterocycles. The zero-order valence-electron chi connectivity index (χ0n) is 10.5. The van der Waals surface area contributed by atoms with E-state index in [1.165, 1.54) is 18.2 Å². The van der Waals surface area contributed by atoms with Crippen LogP contribution in [0.4, 0.5) is 4.39 Å². The lowest BCUT2D eigenvalue weighted by atomic mass is 9.89. The molecule has 0 radical (unpaired) electrons. The van der Waals surface area contributed by atoms with Crippen LogP contribution in [0.5, 0.6) is 0 Å². The Bertz CT molecular complexity index is 435. The molecule has 0 bridgehead atoms. The van der Waals surface area contributed by atoms with Gasteiger partial charge >= 0.3 is 0 Å². The molecule has 1 rings (SSSR count). The molecule has 0 spiro atoms. The van der Waals surface area contributed by atoms with Crippen LogP contribution in [0.2, 0.25) is 0 Å². The van der Waals surface area contributed by atoms with Gasteiger partial charge in [0, 0.05) is 16.7 Å². The summed E-state index contributed by atoms with van der Waals surface area (Å²) in [7, 11) is 0. The van der Waals surface area contributed by atoms with Crippen LogP contribution in [0.25, 0.3) is 0 Å². The molecule has 0 atom stereocenters. The van der Waals surface area contributed by atoms with Crippen molar-refractivity contribution in [3.8, 4) is 0 Å². The van der Waals surface area contributed by atoms with Crippen molar-refractivity contribution < 1.29 is 14.3 Å². The van der Waals surface area contributed by atoms with Crippen LogP contribution in [-0.2, 0) is 0 Å². The molecule has 0 aliphatic carbocycles. The van der Waals surface area contributed by atoms with E-state index in [-0.39, 0.29) is 23.7 Å². The zero-order chi connectivity index (χ0) is 13.8. The van der Waals surface area contributed by atoms with Gasteiger partial charge in [0.05, 0.1) is 5.56 Å². The fraction of sp³-hybridized carbons (Fsp3) is 0.462. The lowest BCUT2D eigenvalue weighted by molar-refractivity contribution is 0.0927. The number of aliphatic hydroxyl groups excluding tert-OH is 1. The van der Waals surface area contributed by atoms with Gasteiger partial charge in [-0.05, 0) is 52.6 Å². The SMILES string of the molecule is CC(C)(CCO)CNC(=O)c1ccc(F)cc1I. The summed E-state index contributed by atoms with van der Waals surface area (Å²) < 4.78 is 13.5. The van der Waals surface area contributed by atoms with Gasteiger partial charge in [0.2, 0.25) is 0 Å². The average Bonchev–Trinajstić information content (AvgIpc) is 2.26. The lowest BCUT2D eigenvalue weighted by Gasteiger charge is -2.23. The summed E-state index contributed by atoms with van der Waals surface area (Å²) in [5, 5.41) is 11.7. The van der Waals surface area contributed by atoms with E-state index in [1.54, 1.807) is 0 Å². The molecule has 1 aromatic rings. The molecule has 2 N–H and O–H groups in total. The highest BCUT2D eigenvalue weighted by molar-refractivity contribution is 14.1.